The number of phenolic OH excluding ortho intramolecular Hbond substituents is 1. The van der Waals surface area contributed by atoms with E-state index >= 15 is 0 Å². The molecule has 1 aliphatic heterocycles. The lowest BCUT2D eigenvalue weighted by Gasteiger charge is -2.41. The van der Waals surface area contributed by atoms with Crippen molar-refractivity contribution >= 4 is 17.5 Å². The Hall–Kier alpha value is -2.90. The monoisotopic (exact) mass is 384 g/mol. The quantitative estimate of drug-likeness (QED) is 0.708. The van der Waals surface area contributed by atoms with Crippen molar-refractivity contribution in [3.63, 3.8) is 0 Å². The Balaban J connectivity index is 1.63. The smallest absolute Gasteiger partial charge is 0.224 e. The molecule has 3 rings (SSSR count). The van der Waals surface area contributed by atoms with E-state index < -0.39 is 6.10 Å². The predicted octanol–water partition coefficient (Wildman–Crippen LogP) is 2.07. The lowest BCUT2D eigenvalue weighted by molar-refractivity contribution is -0.150. The molecular formula is C21H24N2O5. The van der Waals surface area contributed by atoms with Gasteiger partial charge in [0, 0.05) is 31.1 Å². The number of benzene rings is 2. The number of ether oxygens (including phenoxy) is 1. The molecule has 1 aliphatic rings. The number of carbonyl (C=O) groups excluding carboxylic acids is 2. The molecule has 7 heteroatoms. The highest BCUT2D eigenvalue weighted by atomic mass is 16.5. The number of aliphatic hydroxyl groups is 1. The van der Waals surface area contributed by atoms with Crippen LogP contribution in [0.2, 0.25) is 0 Å². The summed E-state index contributed by atoms with van der Waals surface area (Å²) in [6, 6.07) is 15.3. The molecule has 7 nitrogen and oxygen atoms in total. The number of nitrogens with one attached hydrogen (secondary N) is 1. The van der Waals surface area contributed by atoms with Gasteiger partial charge in [-0.05, 0) is 17.7 Å². The molecular weight excluding hydrogens is 360 g/mol. The normalized spacial score (nSPS) is 19.2. The van der Waals surface area contributed by atoms with Gasteiger partial charge < -0.3 is 25.2 Å². The van der Waals surface area contributed by atoms with Crippen LogP contribution in [-0.2, 0) is 14.3 Å². The van der Waals surface area contributed by atoms with Crippen molar-refractivity contribution in [1.29, 1.82) is 0 Å². The van der Waals surface area contributed by atoms with Crippen LogP contribution < -0.4 is 5.32 Å². The van der Waals surface area contributed by atoms with Crippen molar-refractivity contribution in [3.05, 3.63) is 60.2 Å². The summed E-state index contributed by atoms with van der Waals surface area (Å²) in [6.45, 7) is 0.556. The van der Waals surface area contributed by atoms with Crippen LogP contribution in [0.1, 0.15) is 24.4 Å². The molecule has 0 saturated carbocycles. The van der Waals surface area contributed by atoms with Crippen molar-refractivity contribution < 1.29 is 24.5 Å². The molecule has 0 spiro atoms. The van der Waals surface area contributed by atoms with Crippen LogP contribution >= 0.6 is 0 Å². The zero-order chi connectivity index (χ0) is 19.9. The first kappa shape index (κ1) is 19.9. The van der Waals surface area contributed by atoms with E-state index in [-0.39, 0.29) is 43.1 Å². The average molecular weight is 384 g/mol. The Labute approximate surface area is 163 Å². The van der Waals surface area contributed by atoms with Crippen LogP contribution in [0.4, 0.5) is 5.69 Å². The summed E-state index contributed by atoms with van der Waals surface area (Å²) in [5, 5.41) is 21.8. The number of hydrogen-bond donors (Lipinski definition) is 3. The van der Waals surface area contributed by atoms with E-state index in [0.717, 1.165) is 5.56 Å². The molecule has 0 aromatic heterocycles. The number of aliphatic hydroxyl groups excluding tert-OH is 1. The second-order valence-electron chi connectivity index (χ2n) is 6.63. The van der Waals surface area contributed by atoms with E-state index in [4.69, 9.17) is 4.74 Å². The Bertz CT molecular complexity index is 811. The molecule has 2 aromatic rings. The second-order valence-corrected chi connectivity index (χ2v) is 6.63. The van der Waals surface area contributed by atoms with Crippen LogP contribution in [0.25, 0.3) is 0 Å². The molecule has 148 valence electrons. The van der Waals surface area contributed by atoms with Crippen LogP contribution in [0.3, 0.4) is 0 Å². The summed E-state index contributed by atoms with van der Waals surface area (Å²) < 4.78 is 5.64. The van der Waals surface area contributed by atoms with E-state index in [1.54, 1.807) is 17.0 Å². The van der Waals surface area contributed by atoms with Gasteiger partial charge in [0.25, 0.3) is 0 Å². The first-order valence-electron chi connectivity index (χ1n) is 9.24. The van der Waals surface area contributed by atoms with Gasteiger partial charge in [-0.3, -0.25) is 9.59 Å². The lowest BCUT2D eigenvalue weighted by atomic mass is 9.98. The highest BCUT2D eigenvalue weighted by Crippen LogP contribution is 2.30. The topological polar surface area (TPSA) is 99.1 Å². The van der Waals surface area contributed by atoms with Crippen molar-refractivity contribution in [2.75, 3.05) is 25.1 Å². The predicted molar refractivity (Wildman–Crippen MR) is 104 cm³/mol. The van der Waals surface area contributed by atoms with Crippen LogP contribution in [0.15, 0.2) is 54.6 Å². The fraction of sp³-hybridized carbons (Fsp3) is 0.333. The van der Waals surface area contributed by atoms with Gasteiger partial charge in [0.2, 0.25) is 11.8 Å². The number of rotatable bonds is 6. The molecule has 1 saturated heterocycles. The number of nitrogens with zero attached hydrogens (tertiary/aromatic N) is 1. The number of hydrogen-bond acceptors (Lipinski definition) is 5. The number of morpholine rings is 1. The molecule has 3 N–H and O–H groups in total. The summed E-state index contributed by atoms with van der Waals surface area (Å²) in [7, 11) is 0. The standard InChI is InChI=1S/C21H24N2O5/c24-14-18-21(15-5-2-1-3-6-15)23(11-12-28-18)20(27)10-9-19(26)22-16-7-4-8-17(25)13-16/h1-8,13,18,21,24-25H,9-12,14H2,(H,22,26). The van der Waals surface area contributed by atoms with Gasteiger partial charge in [-0.1, -0.05) is 36.4 Å². The molecule has 2 unspecified atom stereocenters. The number of carbonyl (C=O) groups is 2. The van der Waals surface area contributed by atoms with E-state index in [0.29, 0.717) is 18.8 Å². The maximum absolute atomic E-state index is 12.8. The third kappa shape index (κ3) is 4.88. The Morgan fingerprint density at radius 1 is 1.11 bits per heavy atom. The summed E-state index contributed by atoms with van der Waals surface area (Å²) in [5.74, 6) is -0.410. The molecule has 28 heavy (non-hydrogen) atoms. The third-order valence-corrected chi connectivity index (χ3v) is 4.69. The van der Waals surface area contributed by atoms with Crippen molar-refractivity contribution in [1.82, 2.24) is 4.90 Å². The molecule has 2 aromatic carbocycles. The highest BCUT2D eigenvalue weighted by molar-refractivity contribution is 5.93. The zero-order valence-corrected chi connectivity index (χ0v) is 15.5. The molecule has 0 aliphatic carbocycles. The number of amides is 2. The maximum atomic E-state index is 12.8. The van der Waals surface area contributed by atoms with E-state index in [1.807, 2.05) is 30.3 Å². The summed E-state index contributed by atoms with van der Waals surface area (Å²) in [4.78, 5) is 26.7. The number of anilines is 1. The Kier molecular flexibility index (Phi) is 6.62. The van der Waals surface area contributed by atoms with E-state index in [9.17, 15) is 19.8 Å². The van der Waals surface area contributed by atoms with Gasteiger partial charge in [-0.2, -0.15) is 0 Å². The lowest BCUT2D eigenvalue weighted by Crippen LogP contribution is -2.49. The van der Waals surface area contributed by atoms with Gasteiger partial charge >= 0.3 is 0 Å². The largest absolute Gasteiger partial charge is 0.508 e. The van der Waals surface area contributed by atoms with E-state index in [2.05, 4.69) is 5.32 Å². The first-order chi connectivity index (χ1) is 13.6. The number of phenols is 1. The molecule has 2 amide bonds. The zero-order valence-electron chi connectivity index (χ0n) is 15.5. The van der Waals surface area contributed by atoms with Crippen molar-refractivity contribution in [2.45, 2.75) is 25.0 Å². The van der Waals surface area contributed by atoms with Gasteiger partial charge in [-0.25, -0.2) is 0 Å². The van der Waals surface area contributed by atoms with Crippen LogP contribution in [0, 0.1) is 0 Å². The summed E-state index contributed by atoms with van der Waals surface area (Å²) >= 11 is 0. The van der Waals surface area contributed by atoms with E-state index in [1.165, 1.54) is 12.1 Å². The fourth-order valence-corrected chi connectivity index (χ4v) is 3.38. The molecule has 2 atom stereocenters. The number of aromatic hydroxyl groups is 1. The van der Waals surface area contributed by atoms with Gasteiger partial charge in [0.05, 0.1) is 19.3 Å². The second kappa shape index (κ2) is 9.34. The molecule has 1 fully saturated rings. The van der Waals surface area contributed by atoms with Crippen molar-refractivity contribution in [3.8, 4) is 5.75 Å². The summed E-state index contributed by atoms with van der Waals surface area (Å²) in [6.07, 6.45) is -0.426. The highest BCUT2D eigenvalue weighted by Gasteiger charge is 2.35. The minimum Gasteiger partial charge on any atom is -0.508 e. The molecule has 0 bridgehead atoms. The van der Waals surface area contributed by atoms with Crippen molar-refractivity contribution in [2.24, 2.45) is 0 Å². The molecule has 0 radical (unpaired) electrons. The minimum atomic E-state index is -0.499. The third-order valence-electron chi connectivity index (χ3n) is 4.69. The van der Waals surface area contributed by atoms with Crippen LogP contribution in [0.5, 0.6) is 5.75 Å². The average Bonchev–Trinajstić information content (AvgIpc) is 2.72. The minimum absolute atomic E-state index is 0.0249. The van der Waals surface area contributed by atoms with Gasteiger partial charge in [0.1, 0.15) is 11.9 Å². The molecule has 1 heterocycles. The van der Waals surface area contributed by atoms with Gasteiger partial charge in [0.15, 0.2) is 0 Å². The Morgan fingerprint density at radius 3 is 2.61 bits per heavy atom. The van der Waals surface area contributed by atoms with Crippen LogP contribution in [-0.4, -0.2) is 52.8 Å². The Morgan fingerprint density at radius 2 is 1.89 bits per heavy atom. The first-order valence-corrected chi connectivity index (χ1v) is 9.24. The maximum Gasteiger partial charge on any atom is 0.224 e. The van der Waals surface area contributed by atoms with Gasteiger partial charge in [-0.15, -0.1) is 0 Å². The summed E-state index contributed by atoms with van der Waals surface area (Å²) in [5.41, 5.74) is 1.37. The fourth-order valence-electron chi connectivity index (χ4n) is 3.38. The SMILES string of the molecule is O=C(CCC(=O)N1CCOC(CO)C1c1ccccc1)Nc1cccc(O)c1.